The molecule has 3 aromatic carbocycles. The summed E-state index contributed by atoms with van der Waals surface area (Å²) >= 11 is 1.59. The van der Waals surface area contributed by atoms with Crippen molar-refractivity contribution in [3.63, 3.8) is 0 Å². The van der Waals surface area contributed by atoms with Crippen LogP contribution in [0.25, 0.3) is 0 Å². The predicted molar refractivity (Wildman–Crippen MR) is 142 cm³/mol. The summed E-state index contributed by atoms with van der Waals surface area (Å²) in [6.07, 6.45) is 1.33. The van der Waals surface area contributed by atoms with Crippen LogP contribution in [0.2, 0.25) is 0 Å². The van der Waals surface area contributed by atoms with Gasteiger partial charge in [-0.15, -0.1) is 11.8 Å². The number of nitrogens with one attached hydrogen (secondary N) is 1. The average molecular weight is 475 g/mol. The van der Waals surface area contributed by atoms with Gasteiger partial charge in [0, 0.05) is 25.3 Å². The van der Waals surface area contributed by atoms with Crippen molar-refractivity contribution in [3.05, 3.63) is 107 Å². The summed E-state index contributed by atoms with van der Waals surface area (Å²) in [5.74, 6) is 0.971. The molecule has 178 valence electrons. The van der Waals surface area contributed by atoms with Crippen LogP contribution in [0.1, 0.15) is 35.6 Å². The number of carbonyl (C=O) groups excluding carboxylic acids is 2. The second-order valence-corrected chi connectivity index (χ2v) is 9.47. The fourth-order valence-electron chi connectivity index (χ4n) is 3.84. The molecule has 1 atom stereocenters. The Kier molecular flexibility index (Phi) is 10.2. The van der Waals surface area contributed by atoms with E-state index in [9.17, 15) is 9.59 Å². The number of carbonyl (C=O) groups is 2. The van der Waals surface area contributed by atoms with Crippen molar-refractivity contribution in [1.29, 1.82) is 0 Å². The molecule has 3 aromatic rings. The van der Waals surface area contributed by atoms with Gasteiger partial charge in [-0.1, -0.05) is 97.4 Å². The van der Waals surface area contributed by atoms with Crippen LogP contribution in [0.4, 0.5) is 0 Å². The van der Waals surface area contributed by atoms with Crippen molar-refractivity contribution >= 4 is 23.6 Å². The lowest BCUT2D eigenvalue weighted by molar-refractivity contribution is -0.139. The summed E-state index contributed by atoms with van der Waals surface area (Å²) in [5.41, 5.74) is 4.39. The van der Waals surface area contributed by atoms with Gasteiger partial charge in [-0.3, -0.25) is 9.59 Å². The zero-order valence-electron chi connectivity index (χ0n) is 20.1. The molecular formula is C29H34N2O2S. The van der Waals surface area contributed by atoms with E-state index in [1.807, 2.05) is 80.6 Å². The lowest BCUT2D eigenvalue weighted by Crippen LogP contribution is -2.51. The third kappa shape index (κ3) is 8.07. The van der Waals surface area contributed by atoms with E-state index in [2.05, 4.69) is 23.5 Å². The van der Waals surface area contributed by atoms with E-state index < -0.39 is 6.04 Å². The van der Waals surface area contributed by atoms with Crippen molar-refractivity contribution in [2.45, 2.75) is 45.0 Å². The first kappa shape index (κ1) is 25.6. The van der Waals surface area contributed by atoms with E-state index in [-0.39, 0.29) is 11.8 Å². The quantitative estimate of drug-likeness (QED) is 0.383. The third-order valence-electron chi connectivity index (χ3n) is 5.59. The summed E-state index contributed by atoms with van der Waals surface area (Å²) in [6, 6.07) is 27.7. The molecule has 0 unspecified atom stereocenters. The lowest BCUT2D eigenvalue weighted by atomic mass is 10.0. The number of nitrogens with zero attached hydrogens (tertiary/aromatic N) is 1. The zero-order chi connectivity index (χ0) is 24.2. The van der Waals surface area contributed by atoms with Crippen LogP contribution >= 0.6 is 11.8 Å². The molecule has 34 heavy (non-hydrogen) atoms. The van der Waals surface area contributed by atoms with Crippen LogP contribution in [0.15, 0.2) is 84.9 Å². The lowest BCUT2D eigenvalue weighted by Gasteiger charge is -2.31. The molecule has 0 aliphatic heterocycles. The standard InChI is InChI=1S/C29H34N2O2S/c1-3-17-30-29(33)27(19-24-12-6-4-7-13-24)31(20-26-16-10-11-23(2)18-26)28(32)22-34-21-25-14-8-5-9-15-25/h4-16,18,27H,3,17,19-22H2,1-2H3,(H,30,33)/t27-/m1/s1. The molecule has 1 N–H and O–H groups in total. The smallest absolute Gasteiger partial charge is 0.243 e. The Labute approximate surface area is 207 Å². The van der Waals surface area contributed by atoms with Crippen molar-refractivity contribution in [1.82, 2.24) is 10.2 Å². The van der Waals surface area contributed by atoms with Crippen LogP contribution in [-0.2, 0) is 28.3 Å². The third-order valence-corrected chi connectivity index (χ3v) is 6.58. The molecule has 0 spiro atoms. The minimum atomic E-state index is -0.570. The molecule has 0 aliphatic rings. The maximum Gasteiger partial charge on any atom is 0.243 e. The summed E-state index contributed by atoms with van der Waals surface area (Å²) < 4.78 is 0. The minimum absolute atomic E-state index is 0.0185. The van der Waals surface area contributed by atoms with E-state index in [0.29, 0.717) is 25.3 Å². The molecule has 0 radical (unpaired) electrons. The van der Waals surface area contributed by atoms with Crippen molar-refractivity contribution < 1.29 is 9.59 Å². The highest BCUT2D eigenvalue weighted by atomic mass is 32.2. The fraction of sp³-hybridized carbons (Fsp3) is 0.310. The molecule has 0 saturated heterocycles. The van der Waals surface area contributed by atoms with Gasteiger partial charge in [0.25, 0.3) is 0 Å². The Balaban J connectivity index is 1.83. The van der Waals surface area contributed by atoms with Crippen molar-refractivity contribution in [3.8, 4) is 0 Å². The van der Waals surface area contributed by atoms with Crippen LogP contribution in [0.5, 0.6) is 0 Å². The normalized spacial score (nSPS) is 11.6. The van der Waals surface area contributed by atoms with Gasteiger partial charge in [0.2, 0.25) is 11.8 Å². The van der Waals surface area contributed by atoms with Crippen molar-refractivity contribution in [2.75, 3.05) is 12.3 Å². The van der Waals surface area contributed by atoms with E-state index in [4.69, 9.17) is 0 Å². The highest BCUT2D eigenvalue weighted by molar-refractivity contribution is 7.99. The highest BCUT2D eigenvalue weighted by Gasteiger charge is 2.30. The van der Waals surface area contributed by atoms with E-state index in [1.165, 1.54) is 5.56 Å². The SMILES string of the molecule is CCCNC(=O)[C@@H](Cc1ccccc1)N(Cc1cccc(C)c1)C(=O)CSCc1ccccc1. The molecule has 0 fully saturated rings. The predicted octanol–water partition coefficient (Wildman–Crippen LogP) is 5.39. The Hall–Kier alpha value is -3.05. The minimum Gasteiger partial charge on any atom is -0.354 e. The Morgan fingerprint density at radius 2 is 1.53 bits per heavy atom. The topological polar surface area (TPSA) is 49.4 Å². The molecule has 0 aliphatic carbocycles. The number of thioether (sulfide) groups is 1. The molecule has 4 nitrogen and oxygen atoms in total. The maximum atomic E-state index is 13.6. The Morgan fingerprint density at radius 3 is 2.18 bits per heavy atom. The van der Waals surface area contributed by atoms with Gasteiger partial charge in [-0.2, -0.15) is 0 Å². The molecule has 0 bridgehead atoms. The Bertz CT molecular complexity index is 1040. The first-order valence-electron chi connectivity index (χ1n) is 11.8. The van der Waals surface area contributed by atoms with Gasteiger partial charge < -0.3 is 10.2 Å². The number of rotatable bonds is 12. The average Bonchev–Trinajstić information content (AvgIpc) is 2.86. The van der Waals surface area contributed by atoms with Gasteiger partial charge in [-0.25, -0.2) is 0 Å². The second kappa shape index (κ2) is 13.6. The van der Waals surface area contributed by atoms with Crippen LogP contribution in [-0.4, -0.2) is 35.1 Å². The van der Waals surface area contributed by atoms with Gasteiger partial charge in [-0.05, 0) is 30.0 Å². The van der Waals surface area contributed by atoms with E-state index in [0.717, 1.165) is 28.9 Å². The van der Waals surface area contributed by atoms with Gasteiger partial charge in [0.15, 0.2) is 0 Å². The fourth-order valence-corrected chi connectivity index (χ4v) is 4.71. The summed E-state index contributed by atoms with van der Waals surface area (Å²) in [4.78, 5) is 28.6. The number of hydrogen-bond donors (Lipinski definition) is 1. The largest absolute Gasteiger partial charge is 0.354 e. The zero-order valence-corrected chi connectivity index (χ0v) is 20.9. The number of benzene rings is 3. The van der Waals surface area contributed by atoms with Crippen LogP contribution < -0.4 is 5.32 Å². The highest BCUT2D eigenvalue weighted by Crippen LogP contribution is 2.19. The number of amides is 2. The maximum absolute atomic E-state index is 13.6. The molecule has 2 amide bonds. The first-order chi connectivity index (χ1) is 16.6. The molecule has 0 aromatic heterocycles. The number of aryl methyl sites for hydroxylation is 1. The van der Waals surface area contributed by atoms with Gasteiger partial charge >= 0.3 is 0 Å². The Morgan fingerprint density at radius 1 is 0.882 bits per heavy atom. The second-order valence-electron chi connectivity index (χ2n) is 8.49. The van der Waals surface area contributed by atoms with Crippen molar-refractivity contribution in [2.24, 2.45) is 0 Å². The van der Waals surface area contributed by atoms with E-state index in [1.54, 1.807) is 16.7 Å². The number of hydrogen-bond acceptors (Lipinski definition) is 3. The molecular weight excluding hydrogens is 440 g/mol. The first-order valence-corrected chi connectivity index (χ1v) is 13.0. The molecule has 0 saturated carbocycles. The van der Waals surface area contributed by atoms with Gasteiger partial charge in [0.05, 0.1) is 5.75 Å². The van der Waals surface area contributed by atoms with Gasteiger partial charge in [0.1, 0.15) is 6.04 Å². The summed E-state index contributed by atoms with van der Waals surface area (Å²) in [5, 5.41) is 3.03. The molecule has 3 rings (SSSR count). The van der Waals surface area contributed by atoms with E-state index >= 15 is 0 Å². The molecule has 5 heteroatoms. The van der Waals surface area contributed by atoms with Crippen LogP contribution in [0, 0.1) is 6.92 Å². The summed E-state index contributed by atoms with van der Waals surface area (Å²) in [7, 11) is 0. The van der Waals surface area contributed by atoms with Crippen LogP contribution in [0.3, 0.4) is 0 Å². The summed E-state index contributed by atoms with van der Waals surface area (Å²) in [6.45, 7) is 5.08. The molecule has 0 heterocycles. The monoisotopic (exact) mass is 474 g/mol.